The van der Waals surface area contributed by atoms with Crippen LogP contribution < -0.4 is 0 Å². The maximum atomic E-state index is 13.0. The van der Waals surface area contributed by atoms with Crippen LogP contribution in [0.25, 0.3) is 0 Å². The summed E-state index contributed by atoms with van der Waals surface area (Å²) in [5.74, 6) is -0.885. The zero-order valence-corrected chi connectivity index (χ0v) is 14.3. The number of carbonyl (C=O) groups is 2. The molecule has 0 spiro atoms. The molecule has 3 nitrogen and oxygen atoms in total. The Kier molecular flexibility index (Phi) is 4.31. The van der Waals surface area contributed by atoms with Crippen LogP contribution in [0.2, 0.25) is 0 Å². The number of aliphatic carboxylic acids is 1. The van der Waals surface area contributed by atoms with Crippen LogP contribution in [0.3, 0.4) is 0 Å². The zero-order valence-electron chi connectivity index (χ0n) is 14.3. The molecule has 0 aliphatic heterocycles. The van der Waals surface area contributed by atoms with Crippen LogP contribution in [0, 0.1) is 44.4 Å². The van der Waals surface area contributed by atoms with Crippen LogP contribution in [-0.4, -0.2) is 16.9 Å². The first-order valence-corrected chi connectivity index (χ1v) is 8.70. The molecule has 1 aromatic rings. The van der Waals surface area contributed by atoms with Crippen molar-refractivity contribution in [2.45, 2.75) is 52.9 Å². The van der Waals surface area contributed by atoms with E-state index in [-0.39, 0.29) is 23.5 Å². The minimum atomic E-state index is -0.768. The van der Waals surface area contributed by atoms with Crippen molar-refractivity contribution in [1.82, 2.24) is 0 Å². The highest BCUT2D eigenvalue weighted by atomic mass is 16.4. The number of Topliss-reactive ketones (excluding diaryl/α,β-unsaturated/α-hetero) is 1. The minimum Gasteiger partial charge on any atom is -0.481 e. The Morgan fingerprint density at radius 2 is 1.43 bits per heavy atom. The van der Waals surface area contributed by atoms with Gasteiger partial charge in [0.25, 0.3) is 0 Å². The first-order chi connectivity index (χ1) is 10.9. The van der Waals surface area contributed by atoms with Crippen molar-refractivity contribution >= 4 is 11.8 Å². The van der Waals surface area contributed by atoms with Gasteiger partial charge >= 0.3 is 5.97 Å². The van der Waals surface area contributed by atoms with Gasteiger partial charge in [-0.25, -0.2) is 0 Å². The van der Waals surface area contributed by atoms with Crippen molar-refractivity contribution in [3.05, 3.63) is 34.4 Å². The Morgan fingerprint density at radius 1 is 0.957 bits per heavy atom. The number of rotatable bonds is 4. The lowest BCUT2D eigenvalue weighted by Gasteiger charge is -2.46. The lowest BCUT2D eigenvalue weighted by Crippen LogP contribution is -2.47. The Hall–Kier alpha value is -1.64. The second-order valence-electron chi connectivity index (χ2n) is 7.59. The molecule has 124 valence electrons. The molecular formula is C20H26O3. The molecule has 0 saturated heterocycles. The monoisotopic (exact) mass is 314 g/mol. The van der Waals surface area contributed by atoms with E-state index in [0.717, 1.165) is 42.4 Å². The van der Waals surface area contributed by atoms with Gasteiger partial charge in [-0.3, -0.25) is 9.59 Å². The van der Waals surface area contributed by atoms with E-state index in [1.807, 2.05) is 13.8 Å². The van der Waals surface area contributed by atoms with E-state index >= 15 is 0 Å². The zero-order chi connectivity index (χ0) is 16.7. The molecule has 1 aromatic carbocycles. The molecule has 0 radical (unpaired) electrons. The molecule has 2 bridgehead atoms. The molecule has 1 N–H and O–H groups in total. The Morgan fingerprint density at radius 3 is 1.91 bits per heavy atom. The minimum absolute atomic E-state index is 0.141. The Bertz CT molecular complexity index is 615. The highest BCUT2D eigenvalue weighted by molar-refractivity contribution is 5.89. The summed E-state index contributed by atoms with van der Waals surface area (Å²) in [5, 5.41) is 9.64. The third-order valence-corrected chi connectivity index (χ3v) is 6.07. The number of benzene rings is 1. The largest absolute Gasteiger partial charge is 0.481 e. The highest BCUT2D eigenvalue weighted by Gasteiger charge is 2.49. The molecule has 3 fully saturated rings. The molecule has 0 amide bonds. The molecule has 0 heterocycles. The van der Waals surface area contributed by atoms with E-state index in [9.17, 15) is 14.7 Å². The summed E-state index contributed by atoms with van der Waals surface area (Å²) in [6, 6.07) is 4.22. The van der Waals surface area contributed by atoms with Crippen LogP contribution >= 0.6 is 0 Å². The van der Waals surface area contributed by atoms with Crippen LogP contribution in [0.15, 0.2) is 12.1 Å². The van der Waals surface area contributed by atoms with Gasteiger partial charge in [0.1, 0.15) is 5.78 Å². The molecule has 2 atom stereocenters. The molecule has 23 heavy (non-hydrogen) atoms. The first kappa shape index (κ1) is 16.2. The van der Waals surface area contributed by atoms with Crippen LogP contribution in [0.1, 0.15) is 47.9 Å². The third kappa shape index (κ3) is 2.93. The number of fused-ring (bicyclic) bond motifs is 3. The number of carbonyl (C=O) groups excluding carboxylic acids is 1. The fourth-order valence-corrected chi connectivity index (χ4v) is 5.05. The molecule has 0 aromatic heterocycles. The van der Waals surface area contributed by atoms with Gasteiger partial charge in [-0.2, -0.15) is 0 Å². The van der Waals surface area contributed by atoms with Crippen molar-refractivity contribution in [2.75, 3.05) is 0 Å². The normalized spacial score (nSPS) is 29.5. The second-order valence-corrected chi connectivity index (χ2v) is 7.59. The summed E-state index contributed by atoms with van der Waals surface area (Å²) in [7, 11) is 0. The van der Waals surface area contributed by atoms with Gasteiger partial charge in [-0.15, -0.1) is 0 Å². The van der Waals surface area contributed by atoms with Gasteiger partial charge in [0.15, 0.2) is 0 Å². The molecule has 3 aliphatic rings. The lowest BCUT2D eigenvalue weighted by atomic mass is 9.57. The summed E-state index contributed by atoms with van der Waals surface area (Å²) in [5.41, 5.74) is 4.58. The molecule has 3 aliphatic carbocycles. The third-order valence-electron chi connectivity index (χ3n) is 6.07. The van der Waals surface area contributed by atoms with Crippen molar-refractivity contribution in [2.24, 2.45) is 23.7 Å². The number of hydrogen-bond donors (Lipinski definition) is 1. The quantitative estimate of drug-likeness (QED) is 0.918. The lowest BCUT2D eigenvalue weighted by molar-refractivity contribution is -0.157. The molecular weight excluding hydrogens is 288 g/mol. The van der Waals surface area contributed by atoms with Gasteiger partial charge in [-0.05, 0) is 75.0 Å². The smallest absolute Gasteiger partial charge is 0.307 e. The van der Waals surface area contributed by atoms with E-state index in [4.69, 9.17) is 0 Å². The molecule has 4 rings (SSSR count). The average molecular weight is 314 g/mol. The number of carboxylic acid groups (broad SMARTS) is 1. The summed E-state index contributed by atoms with van der Waals surface area (Å²) in [4.78, 5) is 24.7. The van der Waals surface area contributed by atoms with Crippen molar-refractivity contribution < 1.29 is 14.7 Å². The van der Waals surface area contributed by atoms with Gasteiger partial charge in [0.2, 0.25) is 0 Å². The summed E-state index contributed by atoms with van der Waals surface area (Å²) >= 11 is 0. The van der Waals surface area contributed by atoms with Crippen LogP contribution in [-0.2, 0) is 16.0 Å². The summed E-state index contributed by atoms with van der Waals surface area (Å²) < 4.78 is 0. The van der Waals surface area contributed by atoms with Crippen LogP contribution in [0.4, 0.5) is 0 Å². The van der Waals surface area contributed by atoms with Gasteiger partial charge in [0.05, 0.1) is 5.92 Å². The summed E-state index contributed by atoms with van der Waals surface area (Å²) in [6.07, 6.45) is 4.39. The topological polar surface area (TPSA) is 54.4 Å². The van der Waals surface area contributed by atoms with Crippen molar-refractivity contribution in [3.8, 4) is 0 Å². The number of hydrogen-bond acceptors (Lipinski definition) is 2. The fraction of sp³-hybridized carbons (Fsp3) is 0.600. The van der Waals surface area contributed by atoms with Crippen molar-refractivity contribution in [3.63, 3.8) is 0 Å². The van der Waals surface area contributed by atoms with E-state index in [1.165, 1.54) is 5.56 Å². The molecule has 3 saturated carbocycles. The van der Waals surface area contributed by atoms with E-state index in [1.54, 1.807) is 0 Å². The highest BCUT2D eigenvalue weighted by Crippen LogP contribution is 2.49. The van der Waals surface area contributed by atoms with Gasteiger partial charge in [-0.1, -0.05) is 17.7 Å². The maximum absolute atomic E-state index is 13.0. The molecule has 3 heteroatoms. The van der Waals surface area contributed by atoms with Crippen LogP contribution in [0.5, 0.6) is 0 Å². The molecule has 2 unspecified atom stereocenters. The summed E-state index contributed by atoms with van der Waals surface area (Å²) in [6.45, 7) is 6.15. The van der Waals surface area contributed by atoms with E-state index in [0.29, 0.717) is 6.42 Å². The van der Waals surface area contributed by atoms with E-state index in [2.05, 4.69) is 19.1 Å². The number of ketones is 1. The standard InChI is InChI=1S/C20H26O3/c1-11-8-12(2)16(13(3)9-11)10-17(21)18-14-4-6-15(7-5-14)19(18)20(22)23/h8-9,14-15,18-19H,4-7,10H2,1-3H3,(H,22,23). The Labute approximate surface area is 138 Å². The maximum Gasteiger partial charge on any atom is 0.307 e. The predicted molar refractivity (Wildman–Crippen MR) is 89.4 cm³/mol. The van der Waals surface area contributed by atoms with E-state index < -0.39 is 11.9 Å². The Balaban J connectivity index is 1.86. The van der Waals surface area contributed by atoms with Gasteiger partial charge < -0.3 is 5.11 Å². The predicted octanol–water partition coefficient (Wildman–Crippen LogP) is 3.86. The van der Waals surface area contributed by atoms with Crippen molar-refractivity contribution in [1.29, 1.82) is 0 Å². The fourth-order valence-electron chi connectivity index (χ4n) is 5.05. The SMILES string of the molecule is Cc1cc(C)c(CC(=O)C2C3CCC(CC3)C2C(=O)O)c(C)c1. The van der Waals surface area contributed by atoms with Gasteiger partial charge in [0, 0.05) is 12.3 Å². The average Bonchev–Trinajstić information content (AvgIpc) is 2.50. The number of carboxylic acids is 1. The number of aryl methyl sites for hydroxylation is 3. The first-order valence-electron chi connectivity index (χ1n) is 8.70. The second kappa shape index (κ2) is 6.10.